The lowest BCUT2D eigenvalue weighted by atomic mass is 9.97. The Balaban J connectivity index is 1.91. The van der Waals surface area contributed by atoms with Crippen LogP contribution in [0.1, 0.15) is 26.7 Å². The first kappa shape index (κ1) is 15.1. The van der Waals surface area contributed by atoms with Gasteiger partial charge in [-0.05, 0) is 33.7 Å². The Morgan fingerprint density at radius 1 is 1.00 bits per heavy atom. The van der Waals surface area contributed by atoms with Gasteiger partial charge in [0.15, 0.2) is 0 Å². The standard InChI is InChI=1S/C14H25N3O3/c1-10-8-17(9-11(2)15(10)3)14(20)16-6-4-12(5-7-16)13(18)19/h10-12H,4-9H2,1-3H3,(H,18,19). The molecule has 1 N–H and O–H groups in total. The third-order valence-electron chi connectivity index (χ3n) is 4.74. The van der Waals surface area contributed by atoms with Crippen molar-refractivity contribution < 1.29 is 14.7 Å². The number of carboxylic acid groups (broad SMARTS) is 1. The van der Waals surface area contributed by atoms with Gasteiger partial charge >= 0.3 is 12.0 Å². The number of likely N-dealkylation sites (tertiary alicyclic amines) is 1. The molecule has 2 rings (SSSR count). The van der Waals surface area contributed by atoms with Gasteiger partial charge in [-0.1, -0.05) is 0 Å². The van der Waals surface area contributed by atoms with Crippen molar-refractivity contribution in [2.24, 2.45) is 5.92 Å². The van der Waals surface area contributed by atoms with Crippen molar-refractivity contribution in [2.45, 2.75) is 38.8 Å². The Morgan fingerprint density at radius 3 is 1.95 bits per heavy atom. The molecule has 0 radical (unpaired) electrons. The van der Waals surface area contributed by atoms with Crippen LogP contribution in [0.4, 0.5) is 4.79 Å². The van der Waals surface area contributed by atoms with Crippen molar-refractivity contribution in [3.63, 3.8) is 0 Å². The first-order chi connectivity index (χ1) is 9.40. The van der Waals surface area contributed by atoms with Crippen LogP contribution >= 0.6 is 0 Å². The molecule has 2 heterocycles. The lowest BCUT2D eigenvalue weighted by molar-refractivity contribution is -0.143. The number of likely N-dealkylation sites (N-methyl/N-ethyl adjacent to an activating group) is 1. The van der Waals surface area contributed by atoms with E-state index in [1.807, 2.05) is 9.80 Å². The highest BCUT2D eigenvalue weighted by Crippen LogP contribution is 2.20. The molecule has 2 atom stereocenters. The molecule has 0 aliphatic carbocycles. The summed E-state index contributed by atoms with van der Waals surface area (Å²) in [5, 5.41) is 8.99. The van der Waals surface area contributed by atoms with Crippen LogP contribution in [0.25, 0.3) is 0 Å². The van der Waals surface area contributed by atoms with Crippen LogP contribution in [0, 0.1) is 5.92 Å². The van der Waals surface area contributed by atoms with Crippen LogP contribution in [0.15, 0.2) is 0 Å². The fraction of sp³-hybridized carbons (Fsp3) is 0.857. The van der Waals surface area contributed by atoms with E-state index in [4.69, 9.17) is 5.11 Å². The fourth-order valence-corrected chi connectivity index (χ4v) is 3.08. The normalized spacial score (nSPS) is 29.6. The average molecular weight is 283 g/mol. The largest absolute Gasteiger partial charge is 0.481 e. The molecule has 20 heavy (non-hydrogen) atoms. The average Bonchev–Trinajstić information content (AvgIpc) is 2.43. The number of piperazine rings is 1. The molecule has 0 aromatic rings. The predicted octanol–water partition coefficient (Wildman–Crippen LogP) is 0.927. The Hall–Kier alpha value is -1.30. The van der Waals surface area contributed by atoms with Gasteiger partial charge in [0.2, 0.25) is 0 Å². The van der Waals surface area contributed by atoms with Gasteiger partial charge in [-0.3, -0.25) is 9.69 Å². The van der Waals surface area contributed by atoms with E-state index in [9.17, 15) is 9.59 Å². The van der Waals surface area contributed by atoms with Gasteiger partial charge in [0.25, 0.3) is 0 Å². The molecule has 0 spiro atoms. The van der Waals surface area contributed by atoms with E-state index in [1.165, 1.54) is 0 Å². The van der Waals surface area contributed by atoms with Gasteiger partial charge in [-0.25, -0.2) is 4.79 Å². The van der Waals surface area contributed by atoms with Crippen LogP contribution in [0.5, 0.6) is 0 Å². The summed E-state index contributed by atoms with van der Waals surface area (Å²) in [7, 11) is 2.09. The molecule has 2 aliphatic heterocycles. The second-order valence-corrected chi connectivity index (χ2v) is 6.15. The molecular weight excluding hydrogens is 258 g/mol. The SMILES string of the molecule is CC1CN(C(=O)N2CCC(C(=O)O)CC2)CC(C)N1C. The second-order valence-electron chi connectivity index (χ2n) is 6.15. The minimum atomic E-state index is -0.737. The van der Waals surface area contributed by atoms with Crippen molar-refractivity contribution in [3.8, 4) is 0 Å². The lowest BCUT2D eigenvalue weighted by Crippen LogP contribution is -2.59. The molecule has 114 valence electrons. The van der Waals surface area contributed by atoms with Crippen LogP contribution in [-0.4, -0.2) is 77.1 Å². The van der Waals surface area contributed by atoms with E-state index in [1.54, 1.807) is 0 Å². The number of aliphatic carboxylic acids is 1. The molecule has 0 aromatic carbocycles. The number of piperidine rings is 1. The summed E-state index contributed by atoms with van der Waals surface area (Å²) in [4.78, 5) is 29.5. The number of urea groups is 1. The zero-order valence-corrected chi connectivity index (χ0v) is 12.6. The number of carboxylic acids is 1. The number of nitrogens with zero attached hydrogens (tertiary/aromatic N) is 3. The highest BCUT2D eigenvalue weighted by atomic mass is 16.4. The van der Waals surface area contributed by atoms with E-state index >= 15 is 0 Å². The van der Waals surface area contributed by atoms with E-state index in [0.717, 1.165) is 13.1 Å². The monoisotopic (exact) mass is 283 g/mol. The van der Waals surface area contributed by atoms with Gasteiger partial charge in [0, 0.05) is 38.3 Å². The molecule has 2 aliphatic rings. The minimum absolute atomic E-state index is 0.0700. The summed E-state index contributed by atoms with van der Waals surface area (Å²) in [5.74, 6) is -1.02. The summed E-state index contributed by atoms with van der Waals surface area (Å²) in [6.07, 6.45) is 1.14. The van der Waals surface area contributed by atoms with Gasteiger partial charge < -0.3 is 14.9 Å². The van der Waals surface area contributed by atoms with E-state index < -0.39 is 5.97 Å². The Morgan fingerprint density at radius 2 is 1.50 bits per heavy atom. The summed E-state index contributed by atoms with van der Waals surface area (Å²) in [5.41, 5.74) is 0. The molecule has 2 amide bonds. The maximum absolute atomic E-state index is 12.5. The first-order valence-corrected chi connectivity index (χ1v) is 7.38. The lowest BCUT2D eigenvalue weighted by Gasteiger charge is -2.44. The first-order valence-electron chi connectivity index (χ1n) is 7.38. The molecule has 0 aromatic heterocycles. The molecule has 2 saturated heterocycles. The van der Waals surface area contributed by atoms with Gasteiger partial charge in [0.05, 0.1) is 5.92 Å². The van der Waals surface area contributed by atoms with Crippen LogP contribution in [0.3, 0.4) is 0 Å². The molecule has 0 saturated carbocycles. The number of amides is 2. The zero-order chi connectivity index (χ0) is 14.9. The van der Waals surface area contributed by atoms with Crippen LogP contribution in [-0.2, 0) is 4.79 Å². The fourth-order valence-electron chi connectivity index (χ4n) is 3.08. The summed E-state index contributed by atoms with van der Waals surface area (Å²) >= 11 is 0. The Labute approximate surface area is 120 Å². The maximum atomic E-state index is 12.5. The number of hydrogen-bond donors (Lipinski definition) is 1. The summed E-state index contributed by atoms with van der Waals surface area (Å²) < 4.78 is 0. The quantitative estimate of drug-likeness (QED) is 0.777. The van der Waals surface area contributed by atoms with Crippen molar-refractivity contribution in [2.75, 3.05) is 33.2 Å². The third-order valence-corrected chi connectivity index (χ3v) is 4.74. The summed E-state index contributed by atoms with van der Waals surface area (Å²) in [6, 6.07) is 0.791. The second kappa shape index (κ2) is 5.99. The predicted molar refractivity (Wildman–Crippen MR) is 75.6 cm³/mol. The molecule has 6 heteroatoms. The van der Waals surface area contributed by atoms with Crippen LogP contribution < -0.4 is 0 Å². The van der Waals surface area contributed by atoms with Crippen molar-refractivity contribution in [1.82, 2.24) is 14.7 Å². The van der Waals surface area contributed by atoms with Crippen LogP contribution in [0.2, 0.25) is 0 Å². The smallest absolute Gasteiger partial charge is 0.320 e. The molecular formula is C14H25N3O3. The third kappa shape index (κ3) is 3.06. The number of carbonyl (C=O) groups excluding carboxylic acids is 1. The molecule has 2 fully saturated rings. The molecule has 2 unspecified atom stereocenters. The van der Waals surface area contributed by atoms with Crippen molar-refractivity contribution >= 4 is 12.0 Å². The molecule has 0 bridgehead atoms. The topological polar surface area (TPSA) is 64.1 Å². The van der Waals surface area contributed by atoms with E-state index in [0.29, 0.717) is 38.0 Å². The highest BCUT2D eigenvalue weighted by molar-refractivity contribution is 5.75. The minimum Gasteiger partial charge on any atom is -0.481 e. The highest BCUT2D eigenvalue weighted by Gasteiger charge is 2.34. The number of carbonyl (C=O) groups is 2. The van der Waals surface area contributed by atoms with E-state index in [-0.39, 0.29) is 11.9 Å². The van der Waals surface area contributed by atoms with Gasteiger partial charge in [0.1, 0.15) is 0 Å². The maximum Gasteiger partial charge on any atom is 0.320 e. The number of rotatable bonds is 1. The number of hydrogen-bond acceptors (Lipinski definition) is 3. The summed E-state index contributed by atoms with van der Waals surface area (Å²) in [6.45, 7) is 6.88. The molecule has 6 nitrogen and oxygen atoms in total. The zero-order valence-electron chi connectivity index (χ0n) is 12.6. The Bertz CT molecular complexity index is 368. The van der Waals surface area contributed by atoms with E-state index in [2.05, 4.69) is 25.8 Å². The Kier molecular flexibility index (Phi) is 4.52. The van der Waals surface area contributed by atoms with Crippen molar-refractivity contribution in [1.29, 1.82) is 0 Å². The van der Waals surface area contributed by atoms with Gasteiger partial charge in [-0.2, -0.15) is 0 Å². The van der Waals surface area contributed by atoms with Gasteiger partial charge in [-0.15, -0.1) is 0 Å². The van der Waals surface area contributed by atoms with Crippen molar-refractivity contribution in [3.05, 3.63) is 0 Å².